The maximum Gasteiger partial charge on any atom is 0.324 e. The van der Waals surface area contributed by atoms with Crippen LogP contribution in [0.2, 0.25) is 0 Å². The van der Waals surface area contributed by atoms with E-state index in [1.54, 1.807) is 28.0 Å². The summed E-state index contributed by atoms with van der Waals surface area (Å²) in [6.45, 7) is 1.78. The maximum absolute atomic E-state index is 12.9. The molecule has 0 aromatic heterocycles. The largest absolute Gasteiger partial charge is 0.375 e. The number of benzene rings is 2. The van der Waals surface area contributed by atoms with E-state index in [1.165, 1.54) is 7.11 Å². The molecule has 0 aliphatic carbocycles. The molecule has 1 saturated heterocycles. The van der Waals surface area contributed by atoms with Crippen molar-refractivity contribution < 1.29 is 14.3 Å². The average Bonchev–Trinajstić information content (AvgIpc) is 2.71. The Labute approximate surface area is 164 Å². The number of nitrogens with one attached hydrogen (secondary N) is 1. The zero-order chi connectivity index (χ0) is 19.9. The topological polar surface area (TPSA) is 85.7 Å². The van der Waals surface area contributed by atoms with Crippen molar-refractivity contribution in [1.82, 2.24) is 4.90 Å². The van der Waals surface area contributed by atoms with Crippen LogP contribution in [0.5, 0.6) is 0 Å². The fourth-order valence-electron chi connectivity index (χ4n) is 3.18. The second-order valence-corrected chi connectivity index (χ2v) is 6.55. The number of nitriles is 1. The lowest BCUT2D eigenvalue weighted by atomic mass is 10.1. The summed E-state index contributed by atoms with van der Waals surface area (Å²) >= 11 is 0. The fraction of sp³-hybridized carbons (Fsp3) is 0.286. The molecule has 0 unspecified atom stereocenters. The number of methoxy groups -OCH3 is 1. The summed E-state index contributed by atoms with van der Waals surface area (Å²) < 4.78 is 4.80. The predicted molar refractivity (Wildman–Crippen MR) is 106 cm³/mol. The van der Waals surface area contributed by atoms with Gasteiger partial charge < -0.3 is 15.0 Å². The number of amides is 3. The van der Waals surface area contributed by atoms with Gasteiger partial charge >= 0.3 is 6.03 Å². The molecule has 3 amide bonds. The first-order chi connectivity index (χ1) is 13.6. The van der Waals surface area contributed by atoms with E-state index in [0.717, 1.165) is 17.7 Å². The first-order valence-electron chi connectivity index (χ1n) is 9.05. The van der Waals surface area contributed by atoms with E-state index in [9.17, 15) is 9.59 Å². The number of ether oxygens (including phenoxy) is 1. The minimum absolute atomic E-state index is 0.00563. The normalized spacial score (nSPS) is 13.9. The molecule has 3 rings (SSSR count). The summed E-state index contributed by atoms with van der Waals surface area (Å²) in [4.78, 5) is 28.0. The van der Waals surface area contributed by atoms with Gasteiger partial charge in [0.25, 0.3) is 0 Å². The third kappa shape index (κ3) is 4.67. The second-order valence-electron chi connectivity index (χ2n) is 6.55. The second kappa shape index (κ2) is 9.02. The minimum atomic E-state index is -0.227. The van der Waals surface area contributed by atoms with Gasteiger partial charge in [-0.25, -0.2) is 4.79 Å². The molecule has 7 heteroatoms. The van der Waals surface area contributed by atoms with Crippen molar-refractivity contribution in [3.63, 3.8) is 0 Å². The number of hydrogen-bond donors (Lipinski definition) is 1. The Morgan fingerprint density at radius 2 is 2.00 bits per heavy atom. The molecule has 7 nitrogen and oxygen atoms in total. The Hall–Kier alpha value is -3.37. The SMILES string of the molecule is COCC(=O)Nc1ccc(N2CCCN(Cc3cccc(C#N)c3)C2=O)cc1. The van der Waals surface area contributed by atoms with Crippen LogP contribution in [0.3, 0.4) is 0 Å². The van der Waals surface area contributed by atoms with Crippen LogP contribution in [0.1, 0.15) is 17.5 Å². The van der Waals surface area contributed by atoms with E-state index in [1.807, 2.05) is 30.3 Å². The number of anilines is 2. The molecule has 1 aliphatic heterocycles. The van der Waals surface area contributed by atoms with Gasteiger partial charge in [0.15, 0.2) is 0 Å². The highest BCUT2D eigenvalue weighted by Gasteiger charge is 2.26. The molecule has 0 spiro atoms. The molecule has 1 N–H and O–H groups in total. The Bertz CT molecular complexity index is 889. The van der Waals surface area contributed by atoms with E-state index in [4.69, 9.17) is 10.00 Å². The van der Waals surface area contributed by atoms with Crippen LogP contribution in [0.4, 0.5) is 16.2 Å². The van der Waals surface area contributed by atoms with Crippen molar-refractivity contribution in [3.05, 3.63) is 59.7 Å². The van der Waals surface area contributed by atoms with Gasteiger partial charge in [0.1, 0.15) is 6.61 Å². The van der Waals surface area contributed by atoms with Gasteiger partial charge in [0.05, 0.1) is 11.6 Å². The van der Waals surface area contributed by atoms with Gasteiger partial charge in [0.2, 0.25) is 5.91 Å². The highest BCUT2D eigenvalue weighted by molar-refractivity contribution is 5.94. The standard InChI is InChI=1S/C21H22N4O3/c1-28-15-20(26)23-18-6-8-19(9-7-18)25-11-3-10-24(21(25)27)14-17-5-2-4-16(12-17)13-22/h2,4-9,12H,3,10-11,14-15H2,1H3,(H,23,26). The molecule has 0 saturated carbocycles. The van der Waals surface area contributed by atoms with Gasteiger partial charge in [-0.1, -0.05) is 12.1 Å². The first kappa shape index (κ1) is 19.4. The first-order valence-corrected chi connectivity index (χ1v) is 9.05. The Kier molecular flexibility index (Phi) is 6.25. The van der Waals surface area contributed by atoms with Crippen LogP contribution < -0.4 is 10.2 Å². The summed E-state index contributed by atoms with van der Waals surface area (Å²) in [6.07, 6.45) is 0.857. The van der Waals surface area contributed by atoms with Gasteiger partial charge in [-0.3, -0.25) is 9.69 Å². The van der Waals surface area contributed by atoms with Crippen LogP contribution >= 0.6 is 0 Å². The number of rotatable bonds is 6. The van der Waals surface area contributed by atoms with Crippen molar-refractivity contribution in [2.24, 2.45) is 0 Å². The number of urea groups is 1. The molecule has 1 aliphatic rings. The molecular weight excluding hydrogens is 356 g/mol. The highest BCUT2D eigenvalue weighted by atomic mass is 16.5. The third-order valence-corrected chi connectivity index (χ3v) is 4.48. The quantitative estimate of drug-likeness (QED) is 0.837. The van der Waals surface area contributed by atoms with Gasteiger partial charge in [-0.15, -0.1) is 0 Å². The molecule has 1 heterocycles. The molecule has 0 radical (unpaired) electrons. The van der Waals surface area contributed by atoms with Crippen molar-refractivity contribution in [2.45, 2.75) is 13.0 Å². The average molecular weight is 378 g/mol. The smallest absolute Gasteiger partial charge is 0.324 e. The molecular formula is C21H22N4O3. The molecule has 28 heavy (non-hydrogen) atoms. The van der Waals surface area contributed by atoms with Gasteiger partial charge in [-0.05, 0) is 48.4 Å². The lowest BCUT2D eigenvalue weighted by Crippen LogP contribution is -2.49. The molecule has 0 atom stereocenters. The van der Waals surface area contributed by atoms with Crippen molar-refractivity contribution in [3.8, 4) is 6.07 Å². The Morgan fingerprint density at radius 3 is 2.71 bits per heavy atom. The lowest BCUT2D eigenvalue weighted by Gasteiger charge is -2.35. The van der Waals surface area contributed by atoms with Crippen molar-refractivity contribution in [2.75, 3.05) is 37.0 Å². The molecule has 1 fully saturated rings. The van der Waals surface area contributed by atoms with E-state index in [2.05, 4.69) is 11.4 Å². The van der Waals surface area contributed by atoms with Crippen LogP contribution in [0.25, 0.3) is 0 Å². The minimum Gasteiger partial charge on any atom is -0.375 e. The Morgan fingerprint density at radius 1 is 1.21 bits per heavy atom. The molecule has 2 aromatic carbocycles. The fourth-order valence-corrected chi connectivity index (χ4v) is 3.18. The van der Waals surface area contributed by atoms with E-state index in [0.29, 0.717) is 30.9 Å². The summed E-state index contributed by atoms with van der Waals surface area (Å²) in [7, 11) is 1.47. The van der Waals surface area contributed by atoms with E-state index >= 15 is 0 Å². The zero-order valence-corrected chi connectivity index (χ0v) is 15.7. The highest BCUT2D eigenvalue weighted by Crippen LogP contribution is 2.23. The maximum atomic E-state index is 12.9. The summed E-state index contributed by atoms with van der Waals surface area (Å²) in [5.41, 5.74) is 2.96. The van der Waals surface area contributed by atoms with Gasteiger partial charge in [0, 0.05) is 38.1 Å². The molecule has 2 aromatic rings. The van der Waals surface area contributed by atoms with Crippen molar-refractivity contribution >= 4 is 23.3 Å². The predicted octanol–water partition coefficient (Wildman–Crippen LogP) is 2.98. The molecule has 0 bridgehead atoms. The van der Waals surface area contributed by atoms with Crippen LogP contribution in [0, 0.1) is 11.3 Å². The van der Waals surface area contributed by atoms with E-state index in [-0.39, 0.29) is 18.5 Å². The van der Waals surface area contributed by atoms with Crippen LogP contribution in [-0.4, -0.2) is 43.6 Å². The van der Waals surface area contributed by atoms with Crippen LogP contribution in [-0.2, 0) is 16.1 Å². The number of carbonyl (C=O) groups excluding carboxylic acids is 2. The van der Waals surface area contributed by atoms with E-state index < -0.39 is 0 Å². The summed E-state index contributed by atoms with van der Waals surface area (Å²) in [5.74, 6) is -0.227. The Balaban J connectivity index is 1.68. The lowest BCUT2D eigenvalue weighted by molar-refractivity contribution is -0.119. The summed E-state index contributed by atoms with van der Waals surface area (Å²) in [6, 6.07) is 16.5. The number of carbonyl (C=O) groups is 2. The zero-order valence-electron chi connectivity index (χ0n) is 15.7. The summed E-state index contributed by atoms with van der Waals surface area (Å²) in [5, 5.41) is 11.8. The monoisotopic (exact) mass is 378 g/mol. The number of hydrogen-bond acceptors (Lipinski definition) is 4. The van der Waals surface area contributed by atoms with Crippen LogP contribution in [0.15, 0.2) is 48.5 Å². The third-order valence-electron chi connectivity index (χ3n) is 4.48. The van der Waals surface area contributed by atoms with Crippen molar-refractivity contribution in [1.29, 1.82) is 5.26 Å². The number of nitrogens with zero attached hydrogens (tertiary/aromatic N) is 3. The van der Waals surface area contributed by atoms with Gasteiger partial charge in [-0.2, -0.15) is 5.26 Å². The molecule has 144 valence electrons.